The van der Waals surface area contributed by atoms with Gasteiger partial charge in [0.2, 0.25) is 0 Å². The van der Waals surface area contributed by atoms with E-state index in [9.17, 15) is 15.0 Å². The first-order valence-electron chi connectivity index (χ1n) is 14.3. The number of carbonyl (C=O) groups is 1. The van der Waals surface area contributed by atoms with Crippen molar-refractivity contribution in [3.8, 4) is 0 Å². The van der Waals surface area contributed by atoms with Gasteiger partial charge in [-0.1, -0.05) is 46.8 Å². The third-order valence-corrected chi connectivity index (χ3v) is 13.6. The molecule has 0 radical (unpaired) electrons. The lowest BCUT2D eigenvalue weighted by Gasteiger charge is -2.73. The van der Waals surface area contributed by atoms with Gasteiger partial charge in [0.25, 0.3) is 0 Å². The highest BCUT2D eigenvalue weighted by atomic mass is 16.5. The van der Waals surface area contributed by atoms with E-state index in [1.54, 1.807) is 7.11 Å². The van der Waals surface area contributed by atoms with Gasteiger partial charge >= 0.3 is 5.97 Å². The molecule has 0 aliphatic heterocycles. The molecular formula is C31H50O4. The Morgan fingerprint density at radius 2 is 1.57 bits per heavy atom. The molecule has 4 nitrogen and oxygen atoms in total. The minimum absolute atomic E-state index is 0.0161. The molecular weight excluding hydrogens is 436 g/mol. The summed E-state index contributed by atoms with van der Waals surface area (Å²) in [5.41, 5.74) is 0.927. The zero-order chi connectivity index (χ0) is 25.8. The van der Waals surface area contributed by atoms with Gasteiger partial charge in [-0.15, -0.1) is 0 Å². The predicted octanol–water partition coefficient (Wildman–Crippen LogP) is 6.15. The van der Waals surface area contributed by atoms with Crippen LogP contribution in [-0.4, -0.2) is 35.5 Å². The summed E-state index contributed by atoms with van der Waals surface area (Å²) >= 11 is 0. The fourth-order valence-corrected chi connectivity index (χ4v) is 11.8. The number of esters is 1. The zero-order valence-electron chi connectivity index (χ0n) is 23.3. The Labute approximate surface area is 213 Å². The number of fused-ring (bicyclic) bond motifs is 7. The largest absolute Gasteiger partial charge is 0.469 e. The number of ether oxygens (including phenoxy) is 1. The van der Waals surface area contributed by atoms with E-state index in [4.69, 9.17) is 4.74 Å². The van der Waals surface area contributed by atoms with Crippen molar-refractivity contribution in [2.45, 2.75) is 112 Å². The maximum atomic E-state index is 13.4. The second kappa shape index (κ2) is 7.82. The lowest BCUT2D eigenvalue weighted by atomic mass is 9.32. The van der Waals surface area contributed by atoms with Gasteiger partial charge in [0, 0.05) is 0 Å². The molecule has 2 N–H and O–H groups in total. The summed E-state index contributed by atoms with van der Waals surface area (Å²) < 4.78 is 5.48. The molecule has 0 aromatic rings. The summed E-state index contributed by atoms with van der Waals surface area (Å²) in [6.45, 7) is 18.5. The van der Waals surface area contributed by atoms with Crippen molar-refractivity contribution in [3.63, 3.8) is 0 Å². The molecule has 0 saturated heterocycles. The van der Waals surface area contributed by atoms with Gasteiger partial charge in [-0.3, -0.25) is 4.79 Å². The van der Waals surface area contributed by atoms with E-state index >= 15 is 0 Å². The molecule has 0 spiro atoms. The summed E-state index contributed by atoms with van der Waals surface area (Å²) in [6, 6.07) is 0. The fourth-order valence-electron chi connectivity index (χ4n) is 11.8. The van der Waals surface area contributed by atoms with Crippen molar-refractivity contribution >= 4 is 5.97 Å². The number of aliphatic hydroxyl groups excluding tert-OH is 2. The Hall–Kier alpha value is -0.870. The number of methoxy groups -OCH3 is 1. The number of hydrogen-bond donors (Lipinski definition) is 2. The van der Waals surface area contributed by atoms with E-state index < -0.39 is 12.2 Å². The van der Waals surface area contributed by atoms with Crippen LogP contribution in [0.1, 0.15) is 99.3 Å². The Morgan fingerprint density at radius 1 is 0.886 bits per heavy atom. The number of allylic oxidation sites excluding steroid dienone is 1. The van der Waals surface area contributed by atoms with Crippen molar-refractivity contribution in [2.75, 3.05) is 7.11 Å². The summed E-state index contributed by atoms with van der Waals surface area (Å²) in [5, 5.41) is 22.0. The van der Waals surface area contributed by atoms with Gasteiger partial charge < -0.3 is 14.9 Å². The average molecular weight is 487 g/mol. The number of rotatable bonds is 2. The monoisotopic (exact) mass is 486 g/mol. The molecule has 0 amide bonds. The van der Waals surface area contributed by atoms with Gasteiger partial charge in [0.05, 0.1) is 24.7 Å². The summed E-state index contributed by atoms with van der Waals surface area (Å²) in [5.74, 6) is 2.17. The van der Waals surface area contributed by atoms with Crippen molar-refractivity contribution in [1.29, 1.82) is 0 Å². The van der Waals surface area contributed by atoms with E-state index in [0.717, 1.165) is 44.9 Å². The molecule has 2 unspecified atom stereocenters. The average Bonchev–Trinajstić information content (AvgIpc) is 3.18. The molecule has 5 fully saturated rings. The maximum Gasteiger partial charge on any atom is 0.312 e. The molecule has 0 aromatic heterocycles. The normalized spacial score (nSPS) is 54.6. The van der Waals surface area contributed by atoms with E-state index in [1.807, 2.05) is 0 Å². The Bertz CT molecular complexity index is 910. The Morgan fingerprint density at radius 3 is 2.20 bits per heavy atom. The van der Waals surface area contributed by atoms with Gasteiger partial charge in [0.15, 0.2) is 0 Å². The molecule has 0 heterocycles. The summed E-state index contributed by atoms with van der Waals surface area (Å²) in [7, 11) is 1.57. The molecule has 11 atom stereocenters. The number of carbonyl (C=O) groups excluding carboxylic acids is 1. The molecule has 5 aliphatic carbocycles. The Kier molecular flexibility index (Phi) is 5.76. The van der Waals surface area contributed by atoms with Crippen molar-refractivity contribution in [2.24, 2.45) is 56.7 Å². The van der Waals surface area contributed by atoms with Crippen LogP contribution in [0.3, 0.4) is 0 Å². The van der Waals surface area contributed by atoms with E-state index in [-0.39, 0.29) is 33.0 Å². The summed E-state index contributed by atoms with van der Waals surface area (Å²) in [4.78, 5) is 13.4. The van der Waals surface area contributed by atoms with E-state index in [2.05, 4.69) is 48.1 Å². The molecule has 35 heavy (non-hydrogen) atoms. The number of aliphatic hydroxyl groups is 2. The first-order valence-corrected chi connectivity index (χ1v) is 14.3. The smallest absolute Gasteiger partial charge is 0.312 e. The molecule has 198 valence electrons. The second-order valence-corrected chi connectivity index (χ2v) is 14.9. The molecule has 5 rings (SSSR count). The summed E-state index contributed by atoms with van der Waals surface area (Å²) in [6.07, 6.45) is 7.98. The standard InChI is InChI=1S/C31H50O4/c1-18(2)19-11-14-31(26(34)35-8)16-15-29(6)20(24(19)31)9-10-23-28(5)17-21(32)25(33)27(3,4)22(28)12-13-30(23,29)7/h19-25,32-33H,1,9-17H2,2-8H3/t19-,20+,21?,22-,23+,24+,25?,28-,29+,30+,31-/m0/s1. The predicted molar refractivity (Wildman–Crippen MR) is 138 cm³/mol. The highest BCUT2D eigenvalue weighted by Gasteiger charge is 2.72. The fraction of sp³-hybridized carbons (Fsp3) is 0.903. The van der Waals surface area contributed by atoms with Crippen LogP contribution in [0, 0.1) is 56.7 Å². The Balaban J connectivity index is 1.57. The van der Waals surface area contributed by atoms with Gasteiger partial charge in [-0.2, -0.15) is 0 Å². The zero-order valence-corrected chi connectivity index (χ0v) is 23.3. The van der Waals surface area contributed by atoms with Crippen molar-refractivity contribution in [3.05, 3.63) is 12.2 Å². The van der Waals surface area contributed by atoms with Gasteiger partial charge in [0.1, 0.15) is 0 Å². The molecule has 0 bridgehead atoms. The van der Waals surface area contributed by atoms with E-state index in [1.165, 1.54) is 12.0 Å². The van der Waals surface area contributed by atoms with Crippen LogP contribution in [-0.2, 0) is 9.53 Å². The first-order chi connectivity index (χ1) is 16.2. The van der Waals surface area contributed by atoms with Crippen LogP contribution in [0.15, 0.2) is 12.2 Å². The van der Waals surface area contributed by atoms with Crippen LogP contribution < -0.4 is 0 Å². The van der Waals surface area contributed by atoms with Crippen molar-refractivity contribution < 1.29 is 19.7 Å². The van der Waals surface area contributed by atoms with E-state index in [0.29, 0.717) is 36.0 Å². The maximum absolute atomic E-state index is 13.4. The second-order valence-electron chi connectivity index (χ2n) is 14.9. The minimum Gasteiger partial charge on any atom is -0.469 e. The molecule has 0 aromatic carbocycles. The quantitative estimate of drug-likeness (QED) is 0.363. The lowest BCUT2D eigenvalue weighted by molar-refractivity contribution is -0.263. The molecule has 5 aliphatic rings. The molecule has 5 saturated carbocycles. The van der Waals surface area contributed by atoms with Crippen LogP contribution >= 0.6 is 0 Å². The molecule has 4 heteroatoms. The van der Waals surface area contributed by atoms with Crippen LogP contribution in [0.5, 0.6) is 0 Å². The van der Waals surface area contributed by atoms with Crippen molar-refractivity contribution in [1.82, 2.24) is 0 Å². The van der Waals surface area contributed by atoms with Crippen LogP contribution in [0.2, 0.25) is 0 Å². The minimum atomic E-state index is -0.653. The lowest BCUT2D eigenvalue weighted by Crippen LogP contribution is -2.68. The van der Waals surface area contributed by atoms with Crippen LogP contribution in [0.25, 0.3) is 0 Å². The third kappa shape index (κ3) is 3.02. The highest BCUT2D eigenvalue weighted by molar-refractivity contribution is 5.78. The van der Waals surface area contributed by atoms with Gasteiger partial charge in [-0.25, -0.2) is 0 Å². The van der Waals surface area contributed by atoms with Gasteiger partial charge in [-0.05, 0) is 116 Å². The first kappa shape index (κ1) is 25.8. The number of hydrogen-bond acceptors (Lipinski definition) is 4. The third-order valence-electron chi connectivity index (χ3n) is 13.6. The van der Waals surface area contributed by atoms with Crippen LogP contribution in [0.4, 0.5) is 0 Å². The highest BCUT2D eigenvalue weighted by Crippen LogP contribution is 2.77. The SMILES string of the molecule is C=C(C)[C@@H]1CC[C@]2(C(=O)OC)CC[C@]3(C)[C@H](CC[C@@H]4[C@@]5(C)CC(O)C(O)C(C)(C)[C@@H]5CC[C@]43C)[C@@H]12. The topological polar surface area (TPSA) is 66.8 Å².